The van der Waals surface area contributed by atoms with Gasteiger partial charge in [0.05, 0.1) is 8.07 Å². The van der Waals surface area contributed by atoms with Crippen molar-refractivity contribution in [1.82, 2.24) is 0 Å². The van der Waals surface area contributed by atoms with Crippen molar-refractivity contribution < 1.29 is 4.57 Å². The zero-order chi connectivity index (χ0) is 18.2. The molecule has 0 radical (unpaired) electrons. The van der Waals surface area contributed by atoms with Crippen LogP contribution in [-0.4, -0.2) is 8.07 Å². The fourth-order valence-electron chi connectivity index (χ4n) is 4.51. The number of hydrogen-bond donors (Lipinski definition) is 0. The number of hydrogen-bond acceptors (Lipinski definition) is 0. The van der Waals surface area contributed by atoms with Crippen LogP contribution in [0, 0.1) is 12.8 Å². The molecule has 134 valence electrons. The molecule has 1 unspecified atom stereocenters. The van der Waals surface area contributed by atoms with E-state index in [-0.39, 0.29) is 0 Å². The van der Waals surface area contributed by atoms with E-state index in [1.54, 1.807) is 10.8 Å². The summed E-state index contributed by atoms with van der Waals surface area (Å²) in [6.07, 6.45) is 8.11. The summed E-state index contributed by atoms with van der Waals surface area (Å²) >= 11 is 0. The number of benzene rings is 1. The van der Waals surface area contributed by atoms with E-state index in [0.717, 1.165) is 5.92 Å². The summed E-state index contributed by atoms with van der Waals surface area (Å²) in [5.41, 5.74) is 5.72. The fraction of sp³-hybridized carbons (Fsp3) is 0.522. The highest BCUT2D eigenvalue weighted by Gasteiger charge is 2.32. The molecule has 1 saturated carbocycles. The lowest BCUT2D eigenvalue weighted by molar-refractivity contribution is -0.659. The van der Waals surface area contributed by atoms with E-state index in [4.69, 9.17) is 0 Å². The molecule has 0 saturated heterocycles. The van der Waals surface area contributed by atoms with Gasteiger partial charge in [0.1, 0.15) is 7.05 Å². The molecule has 1 fully saturated rings. The molecule has 0 spiro atoms. The topological polar surface area (TPSA) is 3.88 Å². The molecule has 1 nitrogen and oxygen atoms in total. The van der Waals surface area contributed by atoms with Gasteiger partial charge in [-0.15, -0.1) is 0 Å². The maximum absolute atomic E-state index is 2.53. The van der Waals surface area contributed by atoms with Crippen LogP contribution in [0.15, 0.2) is 36.5 Å². The molecule has 25 heavy (non-hydrogen) atoms. The summed E-state index contributed by atoms with van der Waals surface area (Å²) in [4.78, 5) is 0. The average molecular weight is 353 g/mol. The van der Waals surface area contributed by atoms with Crippen molar-refractivity contribution in [1.29, 1.82) is 0 Å². The van der Waals surface area contributed by atoms with Gasteiger partial charge < -0.3 is 0 Å². The second-order valence-corrected chi connectivity index (χ2v) is 14.1. The van der Waals surface area contributed by atoms with Crippen LogP contribution in [0.3, 0.4) is 0 Å². The summed E-state index contributed by atoms with van der Waals surface area (Å²) in [5.74, 6) is 1.54. The van der Waals surface area contributed by atoms with Crippen LogP contribution in [0.1, 0.15) is 49.7 Å². The van der Waals surface area contributed by atoms with Gasteiger partial charge in [0, 0.05) is 16.8 Å². The van der Waals surface area contributed by atoms with E-state index >= 15 is 0 Å². The van der Waals surface area contributed by atoms with Crippen LogP contribution < -0.4 is 9.75 Å². The van der Waals surface area contributed by atoms with E-state index < -0.39 is 8.07 Å². The number of aryl methyl sites for hydroxylation is 2. The van der Waals surface area contributed by atoms with Gasteiger partial charge in [0.15, 0.2) is 6.20 Å². The van der Waals surface area contributed by atoms with E-state index in [9.17, 15) is 0 Å². The highest BCUT2D eigenvalue weighted by molar-refractivity contribution is 6.89. The SMILES string of the molecule is Cc1ccccc1-c1cc(C(C)C2CCCC2)c([Si](C)(C)C)c[n+]1C. The molecule has 3 rings (SSSR count). The molecule has 2 aromatic rings. The number of pyridine rings is 1. The fourth-order valence-corrected chi connectivity index (χ4v) is 6.25. The molecule has 1 aliphatic carbocycles. The molecule has 1 aromatic carbocycles. The Hall–Kier alpha value is -1.41. The summed E-state index contributed by atoms with van der Waals surface area (Å²) < 4.78 is 2.36. The molecule has 1 atom stereocenters. The van der Waals surface area contributed by atoms with E-state index in [0.29, 0.717) is 5.92 Å². The van der Waals surface area contributed by atoms with Crippen LogP contribution in [0.5, 0.6) is 0 Å². The Balaban J connectivity index is 2.16. The number of aromatic nitrogens is 1. The third-order valence-electron chi connectivity index (χ3n) is 6.13. The lowest BCUT2D eigenvalue weighted by Gasteiger charge is -2.27. The number of nitrogens with zero attached hydrogens (tertiary/aromatic N) is 1. The molecule has 0 aliphatic heterocycles. The Labute approximate surface area is 155 Å². The minimum absolute atomic E-state index is 0.674. The Morgan fingerprint density at radius 2 is 1.72 bits per heavy atom. The minimum Gasteiger partial charge on any atom is -0.201 e. The summed E-state index contributed by atoms with van der Waals surface area (Å²) in [5, 5.41) is 1.65. The van der Waals surface area contributed by atoms with Crippen molar-refractivity contribution in [2.75, 3.05) is 0 Å². The van der Waals surface area contributed by atoms with Crippen LogP contribution >= 0.6 is 0 Å². The molecule has 1 heterocycles. The van der Waals surface area contributed by atoms with Gasteiger partial charge in [-0.05, 0) is 48.8 Å². The average Bonchev–Trinajstić information content (AvgIpc) is 3.08. The predicted molar refractivity (Wildman–Crippen MR) is 111 cm³/mol. The molecule has 1 aromatic heterocycles. The highest BCUT2D eigenvalue weighted by Crippen LogP contribution is 2.37. The lowest BCUT2D eigenvalue weighted by Crippen LogP contribution is -2.48. The monoisotopic (exact) mass is 352 g/mol. The van der Waals surface area contributed by atoms with Gasteiger partial charge in [-0.3, -0.25) is 0 Å². The Kier molecular flexibility index (Phi) is 5.20. The van der Waals surface area contributed by atoms with Crippen molar-refractivity contribution in [2.24, 2.45) is 13.0 Å². The zero-order valence-corrected chi connectivity index (χ0v) is 17.9. The first kappa shape index (κ1) is 18.4. The van der Waals surface area contributed by atoms with E-state index in [1.165, 1.54) is 42.5 Å². The van der Waals surface area contributed by atoms with Crippen molar-refractivity contribution in [3.05, 3.63) is 47.7 Å². The number of rotatable bonds is 4. The van der Waals surface area contributed by atoms with Gasteiger partial charge in [0.2, 0.25) is 5.69 Å². The standard InChI is InChI=1S/C23H34NSi/c1-17-11-7-10-14-20(17)22-15-21(18(2)19-12-8-9-13-19)23(16-24(22)3)25(4,5)6/h7,10-11,14-16,18-19H,8-9,12-13H2,1-6H3/q+1. The van der Waals surface area contributed by atoms with Gasteiger partial charge in [-0.1, -0.05) is 57.6 Å². The highest BCUT2D eigenvalue weighted by atomic mass is 28.3. The van der Waals surface area contributed by atoms with Crippen LogP contribution in [0.4, 0.5) is 0 Å². The third-order valence-corrected chi connectivity index (χ3v) is 8.17. The largest absolute Gasteiger partial charge is 0.212 e. The lowest BCUT2D eigenvalue weighted by atomic mass is 9.86. The first-order chi connectivity index (χ1) is 11.8. The second kappa shape index (κ2) is 7.07. The second-order valence-electron chi connectivity index (χ2n) is 9.04. The molecule has 0 bridgehead atoms. The van der Waals surface area contributed by atoms with Crippen molar-refractivity contribution >= 4 is 13.3 Å². The van der Waals surface area contributed by atoms with Crippen LogP contribution in [0.2, 0.25) is 19.6 Å². The molecular formula is C23H34NSi+. The third kappa shape index (κ3) is 3.74. The van der Waals surface area contributed by atoms with Gasteiger partial charge in [0.25, 0.3) is 0 Å². The predicted octanol–water partition coefficient (Wildman–Crippen LogP) is 5.33. The van der Waals surface area contributed by atoms with Crippen molar-refractivity contribution in [2.45, 2.75) is 65.1 Å². The van der Waals surface area contributed by atoms with Crippen molar-refractivity contribution in [3.8, 4) is 11.3 Å². The smallest absolute Gasteiger partial charge is 0.201 e. The minimum atomic E-state index is -1.38. The maximum atomic E-state index is 2.53. The van der Waals surface area contributed by atoms with Gasteiger partial charge in [-0.2, -0.15) is 0 Å². The molecule has 0 amide bonds. The summed E-state index contributed by atoms with van der Waals surface area (Å²) in [7, 11) is 0.836. The van der Waals surface area contributed by atoms with Crippen LogP contribution in [0.25, 0.3) is 11.3 Å². The first-order valence-corrected chi connectivity index (χ1v) is 13.4. The van der Waals surface area contributed by atoms with Gasteiger partial charge >= 0.3 is 0 Å². The Bertz CT molecular complexity index is 751. The molecule has 1 aliphatic rings. The molecule has 0 N–H and O–H groups in total. The summed E-state index contributed by atoms with van der Waals surface area (Å²) in [6, 6.07) is 11.3. The quantitative estimate of drug-likeness (QED) is 0.517. The molecular weight excluding hydrogens is 318 g/mol. The van der Waals surface area contributed by atoms with Gasteiger partial charge in [-0.25, -0.2) is 4.57 Å². The van der Waals surface area contributed by atoms with Crippen molar-refractivity contribution in [3.63, 3.8) is 0 Å². The normalized spacial score (nSPS) is 17.0. The van der Waals surface area contributed by atoms with E-state index in [1.807, 2.05) is 0 Å². The molecule has 2 heteroatoms. The Morgan fingerprint density at radius 3 is 2.32 bits per heavy atom. The van der Waals surface area contributed by atoms with Crippen LogP contribution in [-0.2, 0) is 7.05 Å². The first-order valence-electron chi connectivity index (χ1n) is 9.89. The zero-order valence-electron chi connectivity index (χ0n) is 16.9. The van der Waals surface area contributed by atoms with E-state index in [2.05, 4.69) is 81.6 Å². The summed E-state index contributed by atoms with van der Waals surface area (Å²) in [6.45, 7) is 12.2. The maximum Gasteiger partial charge on any atom is 0.212 e. The Morgan fingerprint density at radius 1 is 1.08 bits per heavy atom.